The Morgan fingerprint density at radius 1 is 1.59 bits per heavy atom. The van der Waals surface area contributed by atoms with E-state index in [0.717, 1.165) is 15.0 Å². The van der Waals surface area contributed by atoms with Gasteiger partial charge in [0.2, 0.25) is 5.82 Å². The van der Waals surface area contributed by atoms with Crippen LogP contribution in [-0.2, 0) is 4.74 Å². The minimum Gasteiger partial charge on any atom is -0.460 e. The zero-order valence-electron chi connectivity index (χ0n) is 9.01. The van der Waals surface area contributed by atoms with Crippen LogP contribution in [0.5, 0.6) is 0 Å². The SMILES string of the molecule is CCOC(=O)c1nccc(-c2cc(Br)cs2)n1. The molecule has 2 heterocycles. The Bertz CT molecular complexity index is 542. The molecule has 0 radical (unpaired) electrons. The minimum atomic E-state index is -0.495. The number of ether oxygens (including phenoxy) is 1. The number of carbonyl (C=O) groups is 1. The largest absolute Gasteiger partial charge is 0.460 e. The van der Waals surface area contributed by atoms with Crippen molar-refractivity contribution in [2.24, 2.45) is 0 Å². The van der Waals surface area contributed by atoms with Crippen LogP contribution in [0, 0.1) is 0 Å². The van der Waals surface area contributed by atoms with Crippen LogP contribution >= 0.6 is 27.3 Å². The highest BCUT2D eigenvalue weighted by atomic mass is 79.9. The molecule has 0 aliphatic carbocycles. The van der Waals surface area contributed by atoms with Gasteiger partial charge in [0.1, 0.15) is 0 Å². The van der Waals surface area contributed by atoms with Crippen molar-refractivity contribution < 1.29 is 9.53 Å². The number of hydrogen-bond donors (Lipinski definition) is 0. The lowest BCUT2D eigenvalue weighted by Crippen LogP contribution is -2.09. The number of aromatic nitrogens is 2. The second-order valence-corrected chi connectivity index (χ2v) is 4.94. The maximum Gasteiger partial charge on any atom is 0.376 e. The number of hydrogen-bond acceptors (Lipinski definition) is 5. The molecular weight excluding hydrogens is 304 g/mol. The van der Waals surface area contributed by atoms with Crippen molar-refractivity contribution in [3.05, 3.63) is 34.0 Å². The molecular formula is C11H9BrN2O2S. The van der Waals surface area contributed by atoms with E-state index in [-0.39, 0.29) is 5.82 Å². The van der Waals surface area contributed by atoms with E-state index in [4.69, 9.17) is 4.74 Å². The second-order valence-electron chi connectivity index (χ2n) is 3.12. The van der Waals surface area contributed by atoms with Crippen LogP contribution < -0.4 is 0 Å². The lowest BCUT2D eigenvalue weighted by molar-refractivity contribution is 0.0512. The molecule has 0 N–H and O–H groups in total. The van der Waals surface area contributed by atoms with Gasteiger partial charge in [-0.3, -0.25) is 0 Å². The number of thiophene rings is 1. The highest BCUT2D eigenvalue weighted by molar-refractivity contribution is 9.10. The van der Waals surface area contributed by atoms with Gasteiger partial charge in [0.05, 0.1) is 17.2 Å². The number of carbonyl (C=O) groups excluding carboxylic acids is 1. The Kier molecular flexibility index (Phi) is 3.86. The van der Waals surface area contributed by atoms with E-state index in [1.807, 2.05) is 11.4 Å². The van der Waals surface area contributed by atoms with Crippen molar-refractivity contribution in [1.29, 1.82) is 0 Å². The Balaban J connectivity index is 2.31. The first-order valence-electron chi connectivity index (χ1n) is 4.95. The van der Waals surface area contributed by atoms with Crippen molar-refractivity contribution in [3.63, 3.8) is 0 Å². The third kappa shape index (κ3) is 2.89. The molecule has 0 spiro atoms. The first-order valence-corrected chi connectivity index (χ1v) is 6.62. The summed E-state index contributed by atoms with van der Waals surface area (Å²) in [4.78, 5) is 20.5. The Labute approximate surface area is 111 Å². The summed E-state index contributed by atoms with van der Waals surface area (Å²) in [5.41, 5.74) is 0.721. The van der Waals surface area contributed by atoms with Gasteiger partial charge in [-0.2, -0.15) is 0 Å². The molecule has 0 atom stereocenters. The standard InChI is InChI=1S/C11H9BrN2O2S/c1-2-16-11(15)10-13-4-3-8(14-10)9-5-7(12)6-17-9/h3-6H,2H2,1H3. The topological polar surface area (TPSA) is 52.1 Å². The fraction of sp³-hybridized carbons (Fsp3) is 0.182. The predicted molar refractivity (Wildman–Crippen MR) is 69.0 cm³/mol. The number of halogens is 1. The van der Waals surface area contributed by atoms with Gasteiger partial charge in [-0.1, -0.05) is 0 Å². The summed E-state index contributed by atoms with van der Waals surface area (Å²) in [6.45, 7) is 2.06. The molecule has 0 amide bonds. The Morgan fingerprint density at radius 3 is 3.06 bits per heavy atom. The van der Waals surface area contributed by atoms with Gasteiger partial charge in [0.25, 0.3) is 0 Å². The van der Waals surface area contributed by atoms with E-state index in [2.05, 4.69) is 25.9 Å². The highest BCUT2D eigenvalue weighted by Crippen LogP contribution is 2.28. The van der Waals surface area contributed by atoms with Gasteiger partial charge in [-0.25, -0.2) is 14.8 Å². The zero-order valence-corrected chi connectivity index (χ0v) is 11.4. The number of esters is 1. The molecule has 17 heavy (non-hydrogen) atoms. The number of nitrogens with zero attached hydrogens (tertiary/aromatic N) is 2. The van der Waals surface area contributed by atoms with E-state index in [1.165, 1.54) is 0 Å². The summed E-state index contributed by atoms with van der Waals surface area (Å²) in [6, 6.07) is 3.71. The molecule has 0 unspecified atom stereocenters. The molecule has 0 fully saturated rings. The third-order valence-corrected chi connectivity index (χ3v) is 3.65. The third-order valence-electron chi connectivity index (χ3n) is 1.93. The van der Waals surface area contributed by atoms with Gasteiger partial charge >= 0.3 is 5.97 Å². The summed E-state index contributed by atoms with van der Waals surface area (Å²) in [5, 5.41) is 1.96. The van der Waals surface area contributed by atoms with Gasteiger partial charge in [0.15, 0.2) is 0 Å². The Hall–Kier alpha value is -1.27. The van der Waals surface area contributed by atoms with Crippen LogP contribution in [0.4, 0.5) is 0 Å². The Morgan fingerprint density at radius 2 is 2.41 bits per heavy atom. The normalized spacial score (nSPS) is 10.2. The average Bonchev–Trinajstić information content (AvgIpc) is 2.76. The van der Waals surface area contributed by atoms with Crippen LogP contribution in [0.2, 0.25) is 0 Å². The maximum absolute atomic E-state index is 11.5. The lowest BCUT2D eigenvalue weighted by Gasteiger charge is -2.01. The molecule has 4 nitrogen and oxygen atoms in total. The average molecular weight is 313 g/mol. The molecule has 0 aromatic carbocycles. The molecule has 2 aromatic rings. The summed E-state index contributed by atoms with van der Waals surface area (Å²) in [5.74, 6) is -0.404. The molecule has 2 aromatic heterocycles. The monoisotopic (exact) mass is 312 g/mol. The van der Waals surface area contributed by atoms with Crippen LogP contribution in [0.1, 0.15) is 17.5 Å². The van der Waals surface area contributed by atoms with E-state index < -0.39 is 5.97 Å². The first kappa shape index (κ1) is 12.2. The minimum absolute atomic E-state index is 0.0915. The fourth-order valence-corrected chi connectivity index (χ4v) is 2.64. The van der Waals surface area contributed by atoms with E-state index in [1.54, 1.807) is 30.5 Å². The molecule has 0 bridgehead atoms. The summed E-state index contributed by atoms with van der Waals surface area (Å²) < 4.78 is 5.85. The molecule has 88 valence electrons. The summed E-state index contributed by atoms with van der Waals surface area (Å²) in [6.07, 6.45) is 1.56. The first-order chi connectivity index (χ1) is 8.20. The smallest absolute Gasteiger partial charge is 0.376 e. The number of rotatable bonds is 3. The van der Waals surface area contributed by atoms with Crippen LogP contribution in [-0.4, -0.2) is 22.5 Å². The quantitative estimate of drug-likeness (QED) is 0.817. The van der Waals surface area contributed by atoms with Crippen LogP contribution in [0.15, 0.2) is 28.2 Å². The second kappa shape index (κ2) is 5.37. The van der Waals surface area contributed by atoms with Gasteiger partial charge in [-0.15, -0.1) is 11.3 Å². The van der Waals surface area contributed by atoms with E-state index in [0.29, 0.717) is 6.61 Å². The molecule has 6 heteroatoms. The van der Waals surface area contributed by atoms with Crippen molar-refractivity contribution >= 4 is 33.2 Å². The van der Waals surface area contributed by atoms with Gasteiger partial charge < -0.3 is 4.74 Å². The lowest BCUT2D eigenvalue weighted by atomic mass is 10.3. The van der Waals surface area contributed by atoms with E-state index >= 15 is 0 Å². The van der Waals surface area contributed by atoms with Crippen molar-refractivity contribution in [3.8, 4) is 10.6 Å². The molecule has 0 aliphatic heterocycles. The van der Waals surface area contributed by atoms with Crippen molar-refractivity contribution in [1.82, 2.24) is 9.97 Å². The van der Waals surface area contributed by atoms with Gasteiger partial charge in [-0.05, 0) is 35.0 Å². The predicted octanol–water partition coefficient (Wildman–Crippen LogP) is 3.14. The van der Waals surface area contributed by atoms with Crippen molar-refractivity contribution in [2.45, 2.75) is 6.92 Å². The van der Waals surface area contributed by atoms with Crippen molar-refractivity contribution in [2.75, 3.05) is 6.61 Å². The highest BCUT2D eigenvalue weighted by Gasteiger charge is 2.12. The maximum atomic E-state index is 11.5. The van der Waals surface area contributed by atoms with Crippen LogP contribution in [0.25, 0.3) is 10.6 Å². The summed E-state index contributed by atoms with van der Waals surface area (Å²) in [7, 11) is 0. The molecule has 0 saturated heterocycles. The van der Waals surface area contributed by atoms with Gasteiger partial charge in [0, 0.05) is 16.0 Å². The summed E-state index contributed by atoms with van der Waals surface area (Å²) >= 11 is 4.92. The fourth-order valence-electron chi connectivity index (χ4n) is 1.24. The van der Waals surface area contributed by atoms with E-state index in [9.17, 15) is 4.79 Å². The molecule has 0 saturated carbocycles. The van der Waals surface area contributed by atoms with Crippen LogP contribution in [0.3, 0.4) is 0 Å². The molecule has 2 rings (SSSR count). The zero-order chi connectivity index (χ0) is 12.3. The molecule has 0 aliphatic rings.